The Hall–Kier alpha value is -8.98. The summed E-state index contributed by atoms with van der Waals surface area (Å²) >= 11 is 3.60. The molecule has 0 spiro atoms. The zero-order valence-electron chi connectivity index (χ0n) is 37.4. The van der Waals surface area contributed by atoms with E-state index in [4.69, 9.17) is 4.42 Å². The van der Waals surface area contributed by atoms with Gasteiger partial charge in [-0.25, -0.2) is 4.85 Å². The topological polar surface area (TPSA) is 51.1 Å². The summed E-state index contributed by atoms with van der Waals surface area (Å²) < 4.78 is 16.2. The number of hydrogen-bond acceptors (Lipinski definition) is 4. The number of benzene rings is 10. The molecule has 0 fully saturated rings. The highest BCUT2D eigenvalue weighted by molar-refractivity contribution is 7.27. The largest absolute Gasteiger partial charge is 0.454 e. The third-order valence-corrected chi connectivity index (χ3v) is 16.8. The Balaban J connectivity index is 1.24. The average molecular weight is 927 g/mol. The highest BCUT2D eigenvalue weighted by Gasteiger charge is 2.33. The number of para-hydroxylation sites is 1. The minimum Gasteiger partial charge on any atom is -0.454 e. The van der Waals surface area contributed by atoms with Crippen molar-refractivity contribution in [3.05, 3.63) is 211 Å². The van der Waals surface area contributed by atoms with Crippen LogP contribution in [0.25, 0.3) is 144 Å². The van der Waals surface area contributed by atoms with Crippen LogP contribution < -0.4 is 0 Å². The van der Waals surface area contributed by atoms with Gasteiger partial charge >= 0.3 is 0 Å². The van der Waals surface area contributed by atoms with Crippen LogP contribution in [0.15, 0.2) is 192 Å². The molecule has 0 aliphatic rings. The summed E-state index contributed by atoms with van der Waals surface area (Å²) in [6.45, 7) is 11.7. The van der Waals surface area contributed by atoms with Gasteiger partial charge in [0.15, 0.2) is 5.58 Å². The molecule has 0 saturated heterocycles. The fraction of sp³-hybridized carbons (Fsp3) is 0.0159. The normalized spacial score (nSPS) is 12.0. The van der Waals surface area contributed by atoms with E-state index in [0.717, 1.165) is 103 Å². The zero-order valence-corrected chi connectivity index (χ0v) is 39.0. The quantitative estimate of drug-likeness (QED) is 0.165. The number of nitriles is 1. The van der Waals surface area contributed by atoms with Crippen LogP contribution in [0.4, 0.5) is 5.69 Å². The average Bonchev–Trinajstić information content (AvgIpc) is 4.23. The Morgan fingerprint density at radius 1 is 0.486 bits per heavy atom. The standard InChI is InChI=1S/C63H34N4OS2/c1-35-25-26-38-42-27-30-45-39-19-9-12-22-50(39)68-61(45)57(42)66(49(38)33-35)56-48(34-64)53(36-15-5-3-6-16-36)60(54(55(56)65-2)37-17-7-4-8-18-37)67-58-43(28-31-46-40-20-10-13-23-51(40)69-62(46)58)44-29-32-47-41-21-11-14-24-52(41)70-63(47)59(44)67/h3-33H,1H3. The Kier molecular flexibility index (Phi) is 8.10. The summed E-state index contributed by atoms with van der Waals surface area (Å²) in [5.41, 5.74) is 11.7. The lowest BCUT2D eigenvalue weighted by Gasteiger charge is -2.26. The van der Waals surface area contributed by atoms with Gasteiger partial charge in [0, 0.05) is 74.4 Å². The molecule has 0 radical (unpaired) electrons. The predicted molar refractivity (Wildman–Crippen MR) is 295 cm³/mol. The molecule has 5 aromatic heterocycles. The zero-order chi connectivity index (χ0) is 46.4. The van der Waals surface area contributed by atoms with Crippen molar-refractivity contribution in [1.82, 2.24) is 9.13 Å². The van der Waals surface area contributed by atoms with E-state index >= 15 is 0 Å². The highest BCUT2D eigenvalue weighted by Crippen LogP contribution is 2.55. The third-order valence-electron chi connectivity index (χ3n) is 14.4. The maximum atomic E-state index is 12.3. The minimum atomic E-state index is 0.382. The second-order valence-corrected chi connectivity index (χ2v) is 20.2. The van der Waals surface area contributed by atoms with Crippen LogP contribution in [0.2, 0.25) is 0 Å². The molecule has 15 aromatic rings. The summed E-state index contributed by atoms with van der Waals surface area (Å²) in [7, 11) is 0. The second kappa shape index (κ2) is 14.5. The monoisotopic (exact) mass is 926 g/mol. The van der Waals surface area contributed by atoms with Crippen LogP contribution in [0.3, 0.4) is 0 Å². The van der Waals surface area contributed by atoms with Gasteiger partial charge in [-0.05, 0) is 53.9 Å². The molecule has 0 N–H and O–H groups in total. The molecule has 15 rings (SSSR count). The van der Waals surface area contributed by atoms with Crippen LogP contribution in [-0.2, 0) is 0 Å². The lowest BCUT2D eigenvalue weighted by Crippen LogP contribution is -2.08. The molecule has 0 amide bonds. The Morgan fingerprint density at radius 2 is 1.00 bits per heavy atom. The first-order valence-electron chi connectivity index (χ1n) is 23.3. The van der Waals surface area contributed by atoms with Crippen molar-refractivity contribution in [2.75, 3.05) is 0 Å². The van der Waals surface area contributed by atoms with Gasteiger partial charge in [-0.2, -0.15) is 5.26 Å². The first kappa shape index (κ1) is 39.1. The van der Waals surface area contributed by atoms with Gasteiger partial charge in [-0.1, -0.05) is 158 Å². The van der Waals surface area contributed by atoms with Gasteiger partial charge in [0.25, 0.3) is 0 Å². The van der Waals surface area contributed by atoms with Crippen LogP contribution in [0.1, 0.15) is 11.1 Å². The fourth-order valence-electron chi connectivity index (χ4n) is 11.5. The summed E-state index contributed by atoms with van der Waals surface area (Å²) in [5, 5.41) is 23.2. The first-order chi connectivity index (χ1) is 34.6. The molecule has 5 heterocycles. The van der Waals surface area contributed by atoms with Gasteiger partial charge in [-0.3, -0.25) is 0 Å². The van der Waals surface area contributed by atoms with Crippen molar-refractivity contribution in [3.8, 4) is 39.7 Å². The van der Waals surface area contributed by atoms with Crippen LogP contribution in [0, 0.1) is 24.8 Å². The summed E-state index contributed by atoms with van der Waals surface area (Å²) in [6, 6.07) is 68.9. The molecule has 10 aromatic carbocycles. The lowest BCUT2D eigenvalue weighted by molar-refractivity contribution is 0.671. The van der Waals surface area contributed by atoms with Crippen molar-refractivity contribution >= 4 is 134 Å². The van der Waals surface area contributed by atoms with Gasteiger partial charge < -0.3 is 13.6 Å². The van der Waals surface area contributed by atoms with E-state index in [9.17, 15) is 11.8 Å². The molecule has 324 valence electrons. The predicted octanol–water partition coefficient (Wildman–Crippen LogP) is 18.6. The Morgan fingerprint density at radius 3 is 1.61 bits per heavy atom. The van der Waals surface area contributed by atoms with Crippen molar-refractivity contribution in [3.63, 3.8) is 0 Å². The molecule has 5 nitrogen and oxygen atoms in total. The van der Waals surface area contributed by atoms with Crippen molar-refractivity contribution in [2.45, 2.75) is 6.92 Å². The van der Waals surface area contributed by atoms with E-state index in [1.54, 1.807) is 22.7 Å². The SMILES string of the molecule is [C-]#[N+]c1c(-c2ccccc2)c(-n2c3c(ccc4c5ccccc5sc43)c3ccc4c5ccccc5sc4c32)c(-c2ccccc2)c(C#N)c1-n1c2cc(C)ccc2c2ccc3c4ccccc4oc3c21. The molecular weight excluding hydrogens is 893 g/mol. The van der Waals surface area contributed by atoms with Gasteiger partial charge in [-0.15, -0.1) is 22.7 Å². The van der Waals surface area contributed by atoms with E-state index in [-0.39, 0.29) is 0 Å². The maximum absolute atomic E-state index is 12.3. The van der Waals surface area contributed by atoms with Crippen LogP contribution >= 0.6 is 22.7 Å². The summed E-state index contributed by atoms with van der Waals surface area (Å²) in [5.74, 6) is 0. The molecule has 0 saturated carbocycles. The number of aromatic nitrogens is 2. The van der Waals surface area contributed by atoms with Crippen molar-refractivity contribution in [1.29, 1.82) is 5.26 Å². The molecule has 0 aliphatic heterocycles. The fourth-order valence-corrected chi connectivity index (χ4v) is 14.0. The minimum absolute atomic E-state index is 0.382. The number of nitrogens with zero attached hydrogens (tertiary/aromatic N) is 4. The molecule has 0 atom stereocenters. The van der Waals surface area contributed by atoms with E-state index < -0.39 is 0 Å². The van der Waals surface area contributed by atoms with Gasteiger partial charge in [0.05, 0.1) is 55.0 Å². The van der Waals surface area contributed by atoms with E-state index in [0.29, 0.717) is 22.5 Å². The van der Waals surface area contributed by atoms with Crippen molar-refractivity contribution in [2.24, 2.45) is 0 Å². The Bertz CT molecular complexity index is 4650. The lowest BCUT2D eigenvalue weighted by atomic mass is 9.88. The number of aryl methyl sites for hydroxylation is 1. The number of fused-ring (bicyclic) bond motifs is 18. The summed E-state index contributed by atoms with van der Waals surface area (Å²) in [4.78, 5) is 4.67. The van der Waals surface area contributed by atoms with E-state index in [1.165, 1.54) is 30.9 Å². The van der Waals surface area contributed by atoms with E-state index in [2.05, 4.69) is 173 Å². The molecular formula is C63H34N4OS2. The number of rotatable bonds is 4. The summed E-state index contributed by atoms with van der Waals surface area (Å²) in [6.07, 6.45) is 0. The maximum Gasteiger partial charge on any atom is 0.221 e. The van der Waals surface area contributed by atoms with E-state index in [1.807, 2.05) is 42.5 Å². The molecule has 7 heteroatoms. The van der Waals surface area contributed by atoms with Gasteiger partial charge in [0.2, 0.25) is 5.69 Å². The smallest absolute Gasteiger partial charge is 0.221 e. The number of furan rings is 1. The highest BCUT2D eigenvalue weighted by atomic mass is 32.1. The molecule has 0 unspecified atom stereocenters. The van der Waals surface area contributed by atoms with Gasteiger partial charge in [0.1, 0.15) is 11.7 Å². The third kappa shape index (κ3) is 5.17. The first-order valence-corrected chi connectivity index (χ1v) is 24.9. The second-order valence-electron chi connectivity index (χ2n) is 18.1. The number of hydrogen-bond donors (Lipinski definition) is 0. The van der Waals surface area contributed by atoms with Crippen LogP contribution in [0.5, 0.6) is 0 Å². The molecule has 0 aliphatic carbocycles. The molecule has 0 bridgehead atoms. The van der Waals surface area contributed by atoms with Crippen molar-refractivity contribution < 1.29 is 4.42 Å². The van der Waals surface area contributed by atoms with Crippen LogP contribution in [-0.4, -0.2) is 9.13 Å². The Labute approximate surface area is 407 Å². The molecule has 70 heavy (non-hydrogen) atoms. The number of thiophene rings is 2.